The third-order valence-corrected chi connectivity index (χ3v) is 5.08. The number of hydrogen-bond acceptors (Lipinski definition) is 5. The molecule has 0 amide bonds. The summed E-state index contributed by atoms with van der Waals surface area (Å²) in [4.78, 5) is 13.5. The van der Waals surface area contributed by atoms with Crippen molar-refractivity contribution in [2.45, 2.75) is 6.61 Å². The minimum Gasteiger partial charge on any atom is -0.390 e. The minimum atomic E-state index is -3.28. The molecule has 0 saturated carbocycles. The van der Waals surface area contributed by atoms with Gasteiger partial charge in [-0.2, -0.15) is 0 Å². The zero-order valence-electron chi connectivity index (χ0n) is 10.7. The van der Waals surface area contributed by atoms with E-state index in [-0.39, 0.29) is 12.3 Å². The Kier molecular flexibility index (Phi) is 8.32. The molecule has 0 aliphatic heterocycles. The summed E-state index contributed by atoms with van der Waals surface area (Å²) in [6, 6.07) is 0. The number of imidazole rings is 1. The first-order chi connectivity index (χ1) is 9.93. The van der Waals surface area contributed by atoms with E-state index < -0.39 is 18.5 Å². The third kappa shape index (κ3) is 5.93. The largest absolute Gasteiger partial charge is 0.451 e. The van der Waals surface area contributed by atoms with Gasteiger partial charge in [-0.15, -0.1) is 4.09 Å². The van der Waals surface area contributed by atoms with Gasteiger partial charge >= 0.3 is 13.6 Å². The first-order valence-electron chi connectivity index (χ1n) is 5.67. The predicted octanol–water partition coefficient (Wildman–Crippen LogP) is 2.39. The molecular weight excluding hydrogens is 456 g/mol. The predicted molar refractivity (Wildman–Crippen MR) is 86.1 cm³/mol. The van der Waals surface area contributed by atoms with Crippen molar-refractivity contribution in [3.8, 4) is 0 Å². The Hall–Kier alpha value is -0.0300. The van der Waals surface area contributed by atoms with E-state index in [1.807, 2.05) is 0 Å². The summed E-state index contributed by atoms with van der Waals surface area (Å²) in [5.41, 5.74) is 0.227. The molecule has 0 saturated heterocycles. The van der Waals surface area contributed by atoms with Crippen LogP contribution in [0.25, 0.3) is 0 Å². The van der Waals surface area contributed by atoms with Crippen molar-refractivity contribution in [3.63, 3.8) is 0 Å². The standard InChI is InChI=1S/C8H13Br2ClN5O4P/c9-1-3-13-21(19,14-4-2-10)20-6-7-5-12-8(15(7)11)16(17)18/h5H,1-4,6H2,(H2,13,14,19). The molecule has 2 N–H and O–H groups in total. The average molecular weight is 469 g/mol. The van der Waals surface area contributed by atoms with Crippen molar-refractivity contribution >= 4 is 57.3 Å². The topological polar surface area (TPSA) is 111 Å². The fourth-order valence-corrected chi connectivity index (χ4v) is 3.89. The number of nitrogens with one attached hydrogen (secondary N) is 2. The lowest BCUT2D eigenvalue weighted by Crippen LogP contribution is -2.27. The third-order valence-electron chi connectivity index (χ3n) is 2.14. The van der Waals surface area contributed by atoms with Crippen molar-refractivity contribution in [1.82, 2.24) is 19.2 Å². The second-order valence-corrected chi connectivity index (χ2v) is 7.52. The molecule has 1 aromatic rings. The Bertz CT molecular complexity index is 519. The van der Waals surface area contributed by atoms with Crippen molar-refractivity contribution in [2.24, 2.45) is 0 Å². The Morgan fingerprint density at radius 2 is 2.00 bits per heavy atom. The van der Waals surface area contributed by atoms with E-state index in [9.17, 15) is 14.7 Å². The summed E-state index contributed by atoms with van der Waals surface area (Å²) in [5.74, 6) is -0.521. The summed E-state index contributed by atoms with van der Waals surface area (Å²) >= 11 is 12.2. The summed E-state index contributed by atoms with van der Waals surface area (Å²) < 4.78 is 18.5. The molecule has 120 valence electrons. The van der Waals surface area contributed by atoms with Gasteiger partial charge in [0.25, 0.3) is 0 Å². The molecule has 21 heavy (non-hydrogen) atoms. The lowest BCUT2D eigenvalue weighted by atomic mass is 10.5. The molecule has 0 atom stereocenters. The van der Waals surface area contributed by atoms with Crippen LogP contribution in [0.15, 0.2) is 6.20 Å². The Morgan fingerprint density at radius 3 is 2.43 bits per heavy atom. The van der Waals surface area contributed by atoms with Crippen LogP contribution in [-0.4, -0.2) is 37.7 Å². The number of hydrogen-bond donors (Lipinski definition) is 2. The normalized spacial score (nSPS) is 11.8. The number of nitrogens with zero attached hydrogens (tertiary/aromatic N) is 3. The number of nitro groups is 1. The van der Waals surface area contributed by atoms with E-state index in [1.54, 1.807) is 0 Å². The number of rotatable bonds is 10. The number of aromatic nitrogens is 2. The van der Waals surface area contributed by atoms with Crippen LogP contribution in [0.2, 0.25) is 0 Å². The highest BCUT2D eigenvalue weighted by molar-refractivity contribution is 9.09. The fourth-order valence-electron chi connectivity index (χ4n) is 1.26. The zero-order valence-corrected chi connectivity index (χ0v) is 15.5. The van der Waals surface area contributed by atoms with Crippen molar-refractivity contribution in [2.75, 3.05) is 23.7 Å². The van der Waals surface area contributed by atoms with Crippen LogP contribution in [0.5, 0.6) is 0 Å². The van der Waals surface area contributed by atoms with Crippen LogP contribution in [0.4, 0.5) is 5.95 Å². The maximum atomic E-state index is 12.5. The molecule has 0 aromatic carbocycles. The monoisotopic (exact) mass is 467 g/mol. The van der Waals surface area contributed by atoms with Gasteiger partial charge < -0.3 is 10.1 Å². The van der Waals surface area contributed by atoms with E-state index in [0.717, 1.165) is 4.09 Å². The molecule has 0 unspecified atom stereocenters. The Labute approximate surface area is 142 Å². The summed E-state index contributed by atoms with van der Waals surface area (Å²) in [6.45, 7) is 0.659. The molecule has 0 spiro atoms. The molecule has 0 bridgehead atoms. The zero-order chi connectivity index (χ0) is 15.9. The maximum Gasteiger partial charge on any atom is 0.451 e. The van der Waals surface area contributed by atoms with Gasteiger partial charge in [0.15, 0.2) is 5.69 Å². The molecule has 0 aliphatic rings. The quantitative estimate of drug-likeness (QED) is 0.234. The van der Waals surface area contributed by atoms with E-state index in [4.69, 9.17) is 16.3 Å². The molecule has 1 rings (SSSR count). The van der Waals surface area contributed by atoms with E-state index >= 15 is 0 Å². The summed E-state index contributed by atoms with van der Waals surface area (Å²) in [6.07, 6.45) is 1.20. The SMILES string of the molecule is O=[N+]([O-])c1ncc(COP(=O)(NCCBr)NCCBr)n1Cl. The van der Waals surface area contributed by atoms with Crippen LogP contribution in [0.1, 0.15) is 5.69 Å². The van der Waals surface area contributed by atoms with Crippen molar-refractivity contribution < 1.29 is 14.0 Å². The minimum absolute atomic E-state index is 0.188. The van der Waals surface area contributed by atoms with Gasteiger partial charge in [0.1, 0.15) is 24.6 Å². The smallest absolute Gasteiger partial charge is 0.390 e. The van der Waals surface area contributed by atoms with Gasteiger partial charge in [-0.05, 0) is 4.92 Å². The van der Waals surface area contributed by atoms with E-state index in [2.05, 4.69) is 47.0 Å². The first-order valence-corrected chi connectivity index (χ1v) is 9.88. The first kappa shape index (κ1) is 19.0. The van der Waals surface area contributed by atoms with Gasteiger partial charge in [0.2, 0.25) is 0 Å². The lowest BCUT2D eigenvalue weighted by molar-refractivity contribution is -0.394. The summed E-state index contributed by atoms with van der Waals surface area (Å²) in [7, 11) is -3.28. The molecular formula is C8H13Br2ClN5O4P. The van der Waals surface area contributed by atoms with Crippen LogP contribution in [0.3, 0.4) is 0 Å². The maximum absolute atomic E-state index is 12.5. The fraction of sp³-hybridized carbons (Fsp3) is 0.625. The van der Waals surface area contributed by atoms with Gasteiger partial charge in [0.05, 0.1) is 0 Å². The van der Waals surface area contributed by atoms with Gasteiger partial charge in [-0.25, -0.2) is 10.2 Å². The molecule has 1 aromatic heterocycles. The van der Waals surface area contributed by atoms with Gasteiger partial charge in [-0.1, -0.05) is 36.8 Å². The molecule has 0 fully saturated rings. The van der Waals surface area contributed by atoms with Crippen molar-refractivity contribution in [1.29, 1.82) is 0 Å². The van der Waals surface area contributed by atoms with Crippen LogP contribution in [0, 0.1) is 10.1 Å². The van der Waals surface area contributed by atoms with Crippen LogP contribution < -0.4 is 10.2 Å². The van der Waals surface area contributed by atoms with Gasteiger partial charge in [-0.3, -0.25) is 9.09 Å². The van der Waals surface area contributed by atoms with Gasteiger partial charge in [0, 0.05) is 23.7 Å². The molecule has 0 radical (unpaired) electrons. The summed E-state index contributed by atoms with van der Waals surface area (Å²) in [5, 5.41) is 17.3. The van der Waals surface area contributed by atoms with E-state index in [0.29, 0.717) is 23.7 Å². The highest BCUT2D eigenvalue weighted by Crippen LogP contribution is 2.38. The molecule has 9 nitrogen and oxygen atoms in total. The lowest BCUT2D eigenvalue weighted by Gasteiger charge is -2.19. The number of halogens is 3. The van der Waals surface area contributed by atoms with Crippen molar-refractivity contribution in [3.05, 3.63) is 22.0 Å². The highest BCUT2D eigenvalue weighted by Gasteiger charge is 2.25. The Morgan fingerprint density at radius 1 is 1.43 bits per heavy atom. The Balaban J connectivity index is 2.72. The molecule has 1 heterocycles. The average Bonchev–Trinajstić information content (AvgIpc) is 2.82. The molecule has 13 heteroatoms. The molecule has 0 aliphatic carbocycles. The van der Waals surface area contributed by atoms with E-state index in [1.165, 1.54) is 6.20 Å². The second-order valence-electron chi connectivity index (χ2n) is 3.61. The van der Waals surface area contributed by atoms with Crippen LogP contribution >= 0.6 is 51.3 Å². The second kappa shape index (κ2) is 9.19. The number of alkyl halides is 2. The van der Waals surface area contributed by atoms with Crippen LogP contribution in [-0.2, 0) is 15.7 Å². The highest BCUT2D eigenvalue weighted by atomic mass is 79.9.